The first-order chi connectivity index (χ1) is 8.01. The minimum Gasteiger partial charge on any atom is -0.378 e. The molecule has 0 spiro atoms. The summed E-state index contributed by atoms with van der Waals surface area (Å²) in [4.78, 5) is 14.3. The summed E-state index contributed by atoms with van der Waals surface area (Å²) in [6, 6.07) is 1.90. The van der Waals surface area contributed by atoms with E-state index in [4.69, 9.17) is 4.74 Å². The molecule has 0 N–H and O–H groups in total. The largest absolute Gasteiger partial charge is 0.378 e. The average Bonchev–Trinajstić information content (AvgIpc) is 2.77. The van der Waals surface area contributed by atoms with Crippen LogP contribution in [0.25, 0.3) is 0 Å². The first-order valence-electron chi connectivity index (χ1n) is 5.60. The smallest absolute Gasteiger partial charge is 0.250 e. The number of hydrogen-bond donors (Lipinski definition) is 0. The predicted molar refractivity (Wildman–Crippen MR) is 71.7 cm³/mol. The van der Waals surface area contributed by atoms with Crippen molar-refractivity contribution in [1.82, 2.24) is 14.7 Å². The monoisotopic (exact) mass is 349 g/mol. The van der Waals surface area contributed by atoms with Crippen molar-refractivity contribution in [2.75, 3.05) is 26.3 Å². The molecule has 5 nitrogen and oxygen atoms in total. The average molecular weight is 349 g/mol. The van der Waals surface area contributed by atoms with Crippen LogP contribution in [0.4, 0.5) is 0 Å². The fourth-order valence-electron chi connectivity index (χ4n) is 1.86. The lowest BCUT2D eigenvalue weighted by molar-refractivity contribution is -0.143. The Labute approximate surface area is 114 Å². The third kappa shape index (κ3) is 2.62. The first-order valence-corrected chi connectivity index (χ1v) is 6.68. The lowest BCUT2D eigenvalue weighted by Gasteiger charge is -2.34. The number of amides is 1. The fraction of sp³-hybridized carbons (Fsp3) is 0.636. The topological polar surface area (TPSA) is 47.4 Å². The molecule has 1 aliphatic rings. The maximum Gasteiger partial charge on any atom is 0.250 e. The number of carbonyl (C=O) groups excluding carboxylic acids is 1. The van der Waals surface area contributed by atoms with Crippen LogP contribution < -0.4 is 0 Å². The van der Waals surface area contributed by atoms with Gasteiger partial charge in [-0.1, -0.05) is 0 Å². The van der Waals surface area contributed by atoms with Gasteiger partial charge in [-0.2, -0.15) is 5.10 Å². The van der Waals surface area contributed by atoms with Crippen molar-refractivity contribution < 1.29 is 9.53 Å². The van der Waals surface area contributed by atoms with E-state index in [9.17, 15) is 4.79 Å². The van der Waals surface area contributed by atoms with E-state index in [2.05, 4.69) is 27.7 Å². The van der Waals surface area contributed by atoms with Gasteiger partial charge in [0.1, 0.15) is 9.24 Å². The molecule has 94 valence electrons. The Balaban J connectivity index is 2.16. The minimum absolute atomic E-state index is 0.0975. The molecule has 1 amide bonds. The third-order valence-corrected chi connectivity index (χ3v) is 3.53. The van der Waals surface area contributed by atoms with Gasteiger partial charge in [-0.25, -0.2) is 0 Å². The van der Waals surface area contributed by atoms with Gasteiger partial charge in [0.15, 0.2) is 0 Å². The van der Waals surface area contributed by atoms with E-state index in [0.717, 1.165) is 3.70 Å². The Morgan fingerprint density at radius 2 is 2.12 bits per heavy atom. The van der Waals surface area contributed by atoms with Crippen LogP contribution >= 0.6 is 22.6 Å². The zero-order valence-corrected chi connectivity index (χ0v) is 12.2. The molecule has 1 fully saturated rings. The van der Waals surface area contributed by atoms with Gasteiger partial charge in [-0.15, -0.1) is 0 Å². The van der Waals surface area contributed by atoms with Gasteiger partial charge >= 0.3 is 0 Å². The molecule has 1 aromatic heterocycles. The van der Waals surface area contributed by atoms with Gasteiger partial charge in [-0.3, -0.25) is 9.48 Å². The molecule has 0 aromatic carbocycles. The lowest BCUT2D eigenvalue weighted by atomic mass is 10.0. The summed E-state index contributed by atoms with van der Waals surface area (Å²) in [6.07, 6.45) is 1.85. The van der Waals surface area contributed by atoms with Crippen LogP contribution in [0, 0.1) is 3.70 Å². The number of nitrogens with zero attached hydrogens (tertiary/aromatic N) is 3. The minimum atomic E-state index is -0.638. The number of hydrogen-bond acceptors (Lipinski definition) is 3. The molecule has 0 atom stereocenters. The number of morpholine rings is 1. The molecular weight excluding hydrogens is 333 g/mol. The maximum atomic E-state index is 12.4. The van der Waals surface area contributed by atoms with E-state index in [1.165, 1.54) is 0 Å². The first kappa shape index (κ1) is 12.8. The van der Waals surface area contributed by atoms with Gasteiger partial charge < -0.3 is 9.64 Å². The summed E-state index contributed by atoms with van der Waals surface area (Å²) in [5, 5.41) is 4.32. The number of ether oxygens (including phenoxy) is 1. The summed E-state index contributed by atoms with van der Waals surface area (Å²) in [7, 11) is 0. The van der Waals surface area contributed by atoms with E-state index >= 15 is 0 Å². The van der Waals surface area contributed by atoms with Gasteiger partial charge in [0.25, 0.3) is 0 Å². The Bertz CT molecular complexity index is 411. The normalized spacial score (nSPS) is 17.2. The van der Waals surface area contributed by atoms with Crippen molar-refractivity contribution in [3.8, 4) is 0 Å². The zero-order chi connectivity index (χ0) is 12.5. The van der Waals surface area contributed by atoms with Gasteiger partial charge in [-0.05, 0) is 42.5 Å². The molecule has 0 unspecified atom stereocenters. The summed E-state index contributed by atoms with van der Waals surface area (Å²) in [6.45, 7) is 6.37. The second-order valence-corrected chi connectivity index (χ2v) is 5.65. The predicted octanol–water partition coefficient (Wildman–Crippen LogP) is 1.08. The Hall–Kier alpha value is -0.630. The highest BCUT2D eigenvalue weighted by Crippen LogP contribution is 2.19. The van der Waals surface area contributed by atoms with Crippen LogP contribution in [0.5, 0.6) is 0 Å². The molecule has 2 rings (SSSR count). The number of carbonyl (C=O) groups is 1. The van der Waals surface area contributed by atoms with Crippen LogP contribution in [0.2, 0.25) is 0 Å². The number of halogens is 1. The summed E-state index contributed by atoms with van der Waals surface area (Å²) >= 11 is 2.14. The molecule has 1 aliphatic heterocycles. The second kappa shape index (κ2) is 4.93. The molecule has 17 heavy (non-hydrogen) atoms. The van der Waals surface area contributed by atoms with E-state index in [1.807, 2.05) is 31.0 Å². The van der Waals surface area contributed by atoms with Crippen LogP contribution in [-0.2, 0) is 15.1 Å². The molecular formula is C11H16IN3O2. The SMILES string of the molecule is CC(C)(C(=O)N1CCOCC1)n1ccc(I)n1. The highest BCUT2D eigenvalue weighted by molar-refractivity contribution is 14.1. The van der Waals surface area contributed by atoms with Gasteiger partial charge in [0, 0.05) is 19.3 Å². The molecule has 1 aromatic rings. The third-order valence-electron chi connectivity index (χ3n) is 2.95. The molecule has 0 radical (unpaired) electrons. The number of rotatable bonds is 2. The quantitative estimate of drug-likeness (QED) is 0.751. The Kier molecular flexibility index (Phi) is 3.72. The van der Waals surface area contributed by atoms with Gasteiger partial charge in [0.2, 0.25) is 5.91 Å². The van der Waals surface area contributed by atoms with E-state index in [0.29, 0.717) is 26.3 Å². The van der Waals surface area contributed by atoms with E-state index in [1.54, 1.807) is 4.68 Å². The van der Waals surface area contributed by atoms with Crippen LogP contribution in [-0.4, -0.2) is 46.9 Å². The summed E-state index contributed by atoms with van der Waals surface area (Å²) in [5.41, 5.74) is -0.638. The van der Waals surface area contributed by atoms with Crippen molar-refractivity contribution in [2.24, 2.45) is 0 Å². The zero-order valence-electron chi connectivity index (χ0n) is 10.0. The van der Waals surface area contributed by atoms with Crippen LogP contribution in [0.1, 0.15) is 13.8 Å². The fourth-order valence-corrected chi connectivity index (χ4v) is 2.26. The van der Waals surface area contributed by atoms with E-state index in [-0.39, 0.29) is 5.91 Å². The summed E-state index contributed by atoms with van der Waals surface area (Å²) < 4.78 is 7.88. The second-order valence-electron chi connectivity index (χ2n) is 4.55. The van der Waals surface area contributed by atoms with Gasteiger partial charge in [0.05, 0.1) is 13.2 Å². The van der Waals surface area contributed by atoms with Crippen molar-refractivity contribution >= 4 is 28.5 Å². The molecule has 1 saturated heterocycles. The van der Waals surface area contributed by atoms with Crippen molar-refractivity contribution in [3.05, 3.63) is 16.0 Å². The Morgan fingerprint density at radius 3 is 2.65 bits per heavy atom. The Morgan fingerprint density at radius 1 is 1.47 bits per heavy atom. The highest BCUT2D eigenvalue weighted by atomic mass is 127. The highest BCUT2D eigenvalue weighted by Gasteiger charge is 2.35. The molecule has 2 heterocycles. The summed E-state index contributed by atoms with van der Waals surface area (Å²) in [5.74, 6) is 0.0975. The van der Waals surface area contributed by atoms with Crippen LogP contribution in [0.3, 0.4) is 0 Å². The van der Waals surface area contributed by atoms with Crippen molar-refractivity contribution in [2.45, 2.75) is 19.4 Å². The number of aromatic nitrogens is 2. The van der Waals surface area contributed by atoms with Crippen molar-refractivity contribution in [3.63, 3.8) is 0 Å². The molecule has 0 aliphatic carbocycles. The maximum absolute atomic E-state index is 12.4. The van der Waals surface area contributed by atoms with E-state index < -0.39 is 5.54 Å². The lowest BCUT2D eigenvalue weighted by Crippen LogP contribution is -2.51. The van der Waals surface area contributed by atoms with Crippen LogP contribution in [0.15, 0.2) is 12.3 Å². The molecule has 0 bridgehead atoms. The standard InChI is InChI=1S/C11H16IN3O2/c1-11(2,15-4-3-9(12)13-15)10(16)14-5-7-17-8-6-14/h3-4H,5-8H2,1-2H3. The molecule has 6 heteroatoms. The molecule has 0 saturated carbocycles. The van der Waals surface area contributed by atoms with Crippen molar-refractivity contribution in [1.29, 1.82) is 0 Å².